The molecule has 1 aromatic rings. The van der Waals surface area contributed by atoms with Gasteiger partial charge in [0.05, 0.1) is 0 Å². The summed E-state index contributed by atoms with van der Waals surface area (Å²) < 4.78 is 12.8. The zero-order chi connectivity index (χ0) is 13.0. The van der Waals surface area contributed by atoms with Gasteiger partial charge in [-0.1, -0.05) is 19.3 Å². The van der Waals surface area contributed by atoms with Crippen molar-refractivity contribution in [2.24, 2.45) is 5.92 Å². The van der Waals surface area contributed by atoms with Crippen LogP contribution in [-0.4, -0.2) is 24.4 Å². The van der Waals surface area contributed by atoms with Crippen LogP contribution in [0.1, 0.15) is 42.5 Å². The van der Waals surface area contributed by atoms with Crippen molar-refractivity contribution in [3.63, 3.8) is 0 Å². The molecule has 1 aliphatic carbocycles. The Morgan fingerprint density at radius 3 is 2.44 bits per heavy atom. The van der Waals surface area contributed by atoms with Crippen molar-refractivity contribution in [3.05, 3.63) is 35.6 Å². The van der Waals surface area contributed by atoms with Gasteiger partial charge in [-0.05, 0) is 43.0 Å². The lowest BCUT2D eigenvalue weighted by molar-refractivity contribution is 0.0760. The molecule has 2 rings (SSSR count). The van der Waals surface area contributed by atoms with Gasteiger partial charge in [0, 0.05) is 19.2 Å². The van der Waals surface area contributed by atoms with Gasteiger partial charge in [0.15, 0.2) is 0 Å². The van der Waals surface area contributed by atoms with E-state index in [1.54, 1.807) is 17.0 Å². The molecular weight excluding hydrogens is 229 g/mol. The maximum absolute atomic E-state index is 12.8. The fraction of sp³-hybridized carbons (Fsp3) is 0.533. The molecule has 0 radical (unpaired) electrons. The number of amides is 1. The molecule has 0 saturated heterocycles. The summed E-state index contributed by atoms with van der Waals surface area (Å²) in [4.78, 5) is 13.9. The molecule has 0 spiro atoms. The molecule has 18 heavy (non-hydrogen) atoms. The molecule has 0 heterocycles. The lowest BCUT2D eigenvalue weighted by atomic mass is 9.89. The van der Waals surface area contributed by atoms with E-state index in [0.717, 1.165) is 6.54 Å². The monoisotopic (exact) mass is 249 g/mol. The number of nitrogens with zero attached hydrogens (tertiary/aromatic N) is 1. The first kappa shape index (κ1) is 13.1. The van der Waals surface area contributed by atoms with E-state index in [1.807, 2.05) is 7.05 Å². The van der Waals surface area contributed by atoms with E-state index in [4.69, 9.17) is 0 Å². The minimum absolute atomic E-state index is 0.0134. The molecule has 1 saturated carbocycles. The van der Waals surface area contributed by atoms with Gasteiger partial charge < -0.3 is 4.90 Å². The third-order valence-corrected chi connectivity index (χ3v) is 3.69. The van der Waals surface area contributed by atoms with Crippen LogP contribution in [0.2, 0.25) is 0 Å². The molecular formula is C15H20FNO. The summed E-state index contributed by atoms with van der Waals surface area (Å²) in [5.74, 6) is 0.315. The van der Waals surface area contributed by atoms with Crippen molar-refractivity contribution >= 4 is 5.91 Å². The summed E-state index contributed by atoms with van der Waals surface area (Å²) in [6.07, 6.45) is 6.33. The zero-order valence-electron chi connectivity index (χ0n) is 10.9. The van der Waals surface area contributed by atoms with Crippen LogP contribution in [0, 0.1) is 11.7 Å². The summed E-state index contributed by atoms with van der Waals surface area (Å²) in [6.45, 7) is 0.816. The second-order valence-electron chi connectivity index (χ2n) is 5.20. The summed E-state index contributed by atoms with van der Waals surface area (Å²) in [5, 5.41) is 0. The van der Waals surface area contributed by atoms with E-state index < -0.39 is 0 Å². The van der Waals surface area contributed by atoms with Gasteiger partial charge in [0.2, 0.25) is 0 Å². The molecule has 0 aromatic heterocycles. The van der Waals surface area contributed by atoms with Gasteiger partial charge in [-0.15, -0.1) is 0 Å². The molecule has 1 aliphatic rings. The Bertz CT molecular complexity index is 395. The number of rotatable bonds is 3. The van der Waals surface area contributed by atoms with Crippen LogP contribution in [0.25, 0.3) is 0 Å². The molecule has 2 nitrogen and oxygen atoms in total. The first-order valence-corrected chi connectivity index (χ1v) is 6.68. The molecule has 0 bridgehead atoms. The predicted molar refractivity (Wildman–Crippen MR) is 69.9 cm³/mol. The van der Waals surface area contributed by atoms with Crippen molar-refractivity contribution < 1.29 is 9.18 Å². The zero-order valence-corrected chi connectivity index (χ0v) is 10.9. The van der Waals surface area contributed by atoms with Gasteiger partial charge in [0.1, 0.15) is 5.82 Å². The van der Waals surface area contributed by atoms with Gasteiger partial charge in [0.25, 0.3) is 5.91 Å². The van der Waals surface area contributed by atoms with E-state index in [2.05, 4.69) is 0 Å². The molecule has 0 N–H and O–H groups in total. The van der Waals surface area contributed by atoms with Crippen molar-refractivity contribution in [2.45, 2.75) is 32.1 Å². The molecule has 1 amide bonds. The van der Waals surface area contributed by atoms with Crippen LogP contribution in [0.5, 0.6) is 0 Å². The summed E-state index contributed by atoms with van der Waals surface area (Å²) in [5.41, 5.74) is 0.565. The second-order valence-corrected chi connectivity index (χ2v) is 5.20. The van der Waals surface area contributed by atoms with Crippen molar-refractivity contribution in [3.8, 4) is 0 Å². The molecule has 1 aromatic carbocycles. The Labute approximate surface area is 108 Å². The number of hydrogen-bond acceptors (Lipinski definition) is 1. The highest BCUT2D eigenvalue weighted by atomic mass is 19.1. The van der Waals surface area contributed by atoms with E-state index in [1.165, 1.54) is 44.2 Å². The fourth-order valence-corrected chi connectivity index (χ4v) is 2.65. The Morgan fingerprint density at radius 1 is 1.22 bits per heavy atom. The highest BCUT2D eigenvalue weighted by Crippen LogP contribution is 2.24. The maximum atomic E-state index is 12.8. The van der Waals surface area contributed by atoms with Crippen molar-refractivity contribution in [1.82, 2.24) is 4.90 Å². The number of halogens is 1. The third kappa shape index (κ3) is 3.31. The number of benzene rings is 1. The molecule has 0 aliphatic heterocycles. The summed E-state index contributed by atoms with van der Waals surface area (Å²) in [7, 11) is 1.83. The van der Waals surface area contributed by atoms with E-state index in [-0.39, 0.29) is 11.7 Å². The van der Waals surface area contributed by atoms with Crippen LogP contribution in [0.15, 0.2) is 24.3 Å². The predicted octanol–water partition coefficient (Wildman–Crippen LogP) is 3.48. The topological polar surface area (TPSA) is 20.3 Å². The number of hydrogen-bond donors (Lipinski definition) is 0. The van der Waals surface area contributed by atoms with Crippen LogP contribution in [-0.2, 0) is 0 Å². The smallest absolute Gasteiger partial charge is 0.253 e. The second kappa shape index (κ2) is 5.98. The summed E-state index contributed by atoms with van der Waals surface area (Å²) in [6, 6.07) is 5.77. The average molecular weight is 249 g/mol. The lowest BCUT2D eigenvalue weighted by Crippen LogP contribution is -2.32. The third-order valence-electron chi connectivity index (χ3n) is 3.69. The Morgan fingerprint density at radius 2 is 1.83 bits per heavy atom. The van der Waals surface area contributed by atoms with E-state index in [0.29, 0.717) is 11.5 Å². The minimum atomic E-state index is -0.304. The number of carbonyl (C=O) groups excluding carboxylic acids is 1. The fourth-order valence-electron chi connectivity index (χ4n) is 2.65. The lowest BCUT2D eigenvalue weighted by Gasteiger charge is -2.27. The molecule has 98 valence electrons. The highest BCUT2D eigenvalue weighted by Gasteiger charge is 2.19. The molecule has 1 fully saturated rings. The largest absolute Gasteiger partial charge is 0.341 e. The molecule has 0 atom stereocenters. The quantitative estimate of drug-likeness (QED) is 0.803. The normalized spacial score (nSPS) is 16.6. The first-order valence-electron chi connectivity index (χ1n) is 6.68. The minimum Gasteiger partial charge on any atom is -0.341 e. The van der Waals surface area contributed by atoms with Gasteiger partial charge in [-0.25, -0.2) is 4.39 Å². The SMILES string of the molecule is CN(CC1CCCCC1)C(=O)c1ccc(F)cc1. The van der Waals surface area contributed by atoms with Crippen molar-refractivity contribution in [2.75, 3.05) is 13.6 Å². The highest BCUT2D eigenvalue weighted by molar-refractivity contribution is 5.93. The Hall–Kier alpha value is -1.38. The van der Waals surface area contributed by atoms with Crippen LogP contribution < -0.4 is 0 Å². The summed E-state index contributed by atoms with van der Waals surface area (Å²) >= 11 is 0. The van der Waals surface area contributed by atoms with E-state index >= 15 is 0 Å². The maximum Gasteiger partial charge on any atom is 0.253 e. The van der Waals surface area contributed by atoms with Gasteiger partial charge in [-0.2, -0.15) is 0 Å². The van der Waals surface area contributed by atoms with Crippen LogP contribution in [0.3, 0.4) is 0 Å². The Balaban J connectivity index is 1.93. The first-order chi connectivity index (χ1) is 8.66. The van der Waals surface area contributed by atoms with Crippen LogP contribution in [0.4, 0.5) is 4.39 Å². The molecule has 0 unspecified atom stereocenters. The van der Waals surface area contributed by atoms with E-state index in [9.17, 15) is 9.18 Å². The van der Waals surface area contributed by atoms with Gasteiger partial charge >= 0.3 is 0 Å². The van der Waals surface area contributed by atoms with Gasteiger partial charge in [-0.3, -0.25) is 4.79 Å². The average Bonchev–Trinajstić information content (AvgIpc) is 2.40. The standard InChI is InChI=1S/C15H20FNO/c1-17(11-12-5-3-2-4-6-12)15(18)13-7-9-14(16)10-8-13/h7-10,12H,2-6,11H2,1H3. The Kier molecular flexibility index (Phi) is 4.34. The number of carbonyl (C=O) groups is 1. The molecule has 3 heteroatoms. The van der Waals surface area contributed by atoms with Crippen LogP contribution >= 0.6 is 0 Å². The van der Waals surface area contributed by atoms with Crippen molar-refractivity contribution in [1.29, 1.82) is 0 Å².